The van der Waals surface area contributed by atoms with E-state index >= 15 is 0 Å². The Labute approximate surface area is 109 Å². The van der Waals surface area contributed by atoms with Crippen LogP contribution in [-0.4, -0.2) is 22.5 Å². The van der Waals surface area contributed by atoms with Gasteiger partial charge >= 0.3 is 0 Å². The Hall–Kier alpha value is -1.95. The zero-order valence-electron chi connectivity index (χ0n) is 9.92. The Bertz CT molecular complexity index is 514. The van der Waals surface area contributed by atoms with Gasteiger partial charge in [0.2, 0.25) is 11.8 Å². The van der Waals surface area contributed by atoms with Gasteiger partial charge in [-0.3, -0.25) is 4.79 Å². The Balaban J connectivity index is 1.96. The molecule has 5 nitrogen and oxygen atoms in total. The Morgan fingerprint density at radius 2 is 2.39 bits per heavy atom. The lowest BCUT2D eigenvalue weighted by Crippen LogP contribution is -2.14. The van der Waals surface area contributed by atoms with E-state index in [0.717, 1.165) is 4.88 Å². The molecule has 1 N–H and O–H groups in total. The summed E-state index contributed by atoms with van der Waals surface area (Å²) in [5.74, 6) is 0.813. The average molecular weight is 263 g/mol. The monoisotopic (exact) mass is 263 g/mol. The fourth-order valence-corrected chi connectivity index (χ4v) is 2.10. The summed E-state index contributed by atoms with van der Waals surface area (Å²) in [4.78, 5) is 20.7. The number of thiophene rings is 1. The molecule has 2 rings (SSSR count). The topological polar surface area (TPSA) is 64.1 Å². The third-order valence-corrected chi connectivity index (χ3v) is 2.99. The zero-order chi connectivity index (χ0) is 12.8. The number of aromatic nitrogens is 2. The number of hydrogen-bond acceptors (Lipinski definition) is 5. The van der Waals surface area contributed by atoms with Crippen molar-refractivity contribution in [1.29, 1.82) is 0 Å². The minimum atomic E-state index is -0.0985. The zero-order valence-corrected chi connectivity index (χ0v) is 10.7. The number of nitrogens with zero attached hydrogens (tertiary/aromatic N) is 2. The van der Waals surface area contributed by atoms with Gasteiger partial charge in [-0.2, -0.15) is 0 Å². The molecule has 0 saturated carbocycles. The van der Waals surface area contributed by atoms with Crippen molar-refractivity contribution in [2.24, 2.45) is 0 Å². The Kier molecular flexibility index (Phi) is 4.25. The second kappa shape index (κ2) is 6.11. The summed E-state index contributed by atoms with van der Waals surface area (Å²) in [5, 5.41) is 4.66. The number of hydrogen-bond donors (Lipinski definition) is 1. The van der Waals surface area contributed by atoms with Crippen molar-refractivity contribution in [1.82, 2.24) is 9.97 Å². The molecule has 2 aromatic heterocycles. The van der Waals surface area contributed by atoms with Crippen molar-refractivity contribution in [2.75, 3.05) is 11.9 Å². The van der Waals surface area contributed by atoms with Crippen molar-refractivity contribution in [2.45, 2.75) is 13.3 Å². The molecule has 0 aliphatic carbocycles. The largest absolute Gasteiger partial charge is 0.478 e. The molecule has 0 bridgehead atoms. The Morgan fingerprint density at radius 1 is 1.50 bits per heavy atom. The molecule has 18 heavy (non-hydrogen) atoms. The maximum absolute atomic E-state index is 11.7. The molecule has 6 heteroatoms. The van der Waals surface area contributed by atoms with Crippen LogP contribution in [0.2, 0.25) is 0 Å². The van der Waals surface area contributed by atoms with Gasteiger partial charge in [0.15, 0.2) is 0 Å². The number of rotatable bonds is 5. The molecular weight excluding hydrogens is 250 g/mol. The first kappa shape index (κ1) is 12.5. The van der Waals surface area contributed by atoms with Crippen molar-refractivity contribution in [3.05, 3.63) is 34.8 Å². The van der Waals surface area contributed by atoms with Gasteiger partial charge in [0.05, 0.1) is 13.0 Å². The van der Waals surface area contributed by atoms with E-state index in [9.17, 15) is 4.79 Å². The third kappa shape index (κ3) is 3.53. The van der Waals surface area contributed by atoms with E-state index in [0.29, 0.717) is 24.7 Å². The predicted octanol–water partition coefficient (Wildman–Crippen LogP) is 2.12. The number of ether oxygens (including phenoxy) is 1. The van der Waals surface area contributed by atoms with E-state index in [1.165, 1.54) is 6.33 Å². The highest BCUT2D eigenvalue weighted by Crippen LogP contribution is 2.13. The van der Waals surface area contributed by atoms with Crippen molar-refractivity contribution < 1.29 is 9.53 Å². The molecule has 2 aromatic rings. The maximum Gasteiger partial charge on any atom is 0.230 e. The van der Waals surface area contributed by atoms with E-state index in [2.05, 4.69) is 15.3 Å². The number of carbonyl (C=O) groups is 1. The number of anilines is 1. The molecule has 0 aliphatic rings. The van der Waals surface area contributed by atoms with Gasteiger partial charge in [0.25, 0.3) is 0 Å². The lowest BCUT2D eigenvalue weighted by molar-refractivity contribution is -0.115. The van der Waals surface area contributed by atoms with E-state index in [1.807, 2.05) is 24.4 Å². The standard InChI is InChI=1S/C12H13N3O2S/c1-2-17-12-7-10(13-8-14-12)15-11(16)6-9-4-3-5-18-9/h3-5,7-8H,2,6H2,1H3,(H,13,14,15,16). The molecular formula is C12H13N3O2S. The normalized spacial score (nSPS) is 10.1. The first-order valence-corrected chi connectivity index (χ1v) is 6.43. The molecule has 0 atom stereocenters. The highest BCUT2D eigenvalue weighted by molar-refractivity contribution is 7.10. The minimum Gasteiger partial charge on any atom is -0.478 e. The van der Waals surface area contributed by atoms with Crippen LogP contribution in [0, 0.1) is 0 Å². The molecule has 0 unspecified atom stereocenters. The molecule has 0 radical (unpaired) electrons. The molecule has 2 heterocycles. The maximum atomic E-state index is 11.7. The fraction of sp³-hybridized carbons (Fsp3) is 0.250. The molecule has 1 amide bonds. The molecule has 0 spiro atoms. The van der Waals surface area contributed by atoms with Crippen LogP contribution >= 0.6 is 11.3 Å². The van der Waals surface area contributed by atoms with Gasteiger partial charge in [-0.1, -0.05) is 6.07 Å². The van der Waals surface area contributed by atoms with Crippen molar-refractivity contribution in [3.63, 3.8) is 0 Å². The predicted molar refractivity (Wildman–Crippen MR) is 69.9 cm³/mol. The first-order valence-electron chi connectivity index (χ1n) is 5.55. The van der Waals surface area contributed by atoms with Gasteiger partial charge in [0.1, 0.15) is 12.1 Å². The van der Waals surface area contributed by atoms with Crippen molar-refractivity contribution >= 4 is 23.1 Å². The van der Waals surface area contributed by atoms with Gasteiger partial charge in [-0.25, -0.2) is 9.97 Å². The van der Waals surface area contributed by atoms with E-state index in [-0.39, 0.29) is 5.91 Å². The molecule has 0 fully saturated rings. The summed E-state index contributed by atoms with van der Waals surface area (Å²) in [6, 6.07) is 5.46. The molecule has 0 aliphatic heterocycles. The molecule has 94 valence electrons. The van der Waals surface area contributed by atoms with Crippen LogP contribution in [0.25, 0.3) is 0 Å². The summed E-state index contributed by atoms with van der Waals surface area (Å²) in [6.45, 7) is 2.40. The summed E-state index contributed by atoms with van der Waals surface area (Å²) in [7, 11) is 0. The Morgan fingerprint density at radius 3 is 3.11 bits per heavy atom. The van der Waals surface area contributed by atoms with E-state index < -0.39 is 0 Å². The van der Waals surface area contributed by atoms with Gasteiger partial charge in [-0.15, -0.1) is 11.3 Å². The fourth-order valence-electron chi connectivity index (χ4n) is 1.39. The third-order valence-electron chi connectivity index (χ3n) is 2.12. The van der Waals surface area contributed by atoms with E-state index in [1.54, 1.807) is 17.4 Å². The van der Waals surface area contributed by atoms with Crippen LogP contribution in [-0.2, 0) is 11.2 Å². The number of amides is 1. The van der Waals surface area contributed by atoms with Gasteiger partial charge in [0, 0.05) is 10.9 Å². The van der Waals surface area contributed by atoms with Gasteiger partial charge < -0.3 is 10.1 Å². The minimum absolute atomic E-state index is 0.0985. The smallest absolute Gasteiger partial charge is 0.230 e. The lowest BCUT2D eigenvalue weighted by Gasteiger charge is -2.05. The summed E-state index contributed by atoms with van der Waals surface area (Å²) < 4.78 is 5.23. The lowest BCUT2D eigenvalue weighted by atomic mass is 10.3. The van der Waals surface area contributed by atoms with Crippen LogP contribution in [0.3, 0.4) is 0 Å². The molecule has 0 aromatic carbocycles. The van der Waals surface area contributed by atoms with Crippen LogP contribution in [0.5, 0.6) is 5.88 Å². The highest BCUT2D eigenvalue weighted by Gasteiger charge is 2.06. The van der Waals surface area contributed by atoms with Crippen LogP contribution in [0.1, 0.15) is 11.8 Å². The first-order chi connectivity index (χ1) is 8.78. The van der Waals surface area contributed by atoms with Crippen molar-refractivity contribution in [3.8, 4) is 5.88 Å². The molecule has 0 saturated heterocycles. The second-order valence-corrected chi connectivity index (χ2v) is 4.51. The van der Waals surface area contributed by atoms with Crippen LogP contribution in [0.4, 0.5) is 5.82 Å². The van der Waals surface area contributed by atoms with E-state index in [4.69, 9.17) is 4.74 Å². The van der Waals surface area contributed by atoms with Gasteiger partial charge in [-0.05, 0) is 18.4 Å². The second-order valence-electron chi connectivity index (χ2n) is 3.48. The summed E-state index contributed by atoms with van der Waals surface area (Å²) in [5.41, 5.74) is 0. The average Bonchev–Trinajstić information content (AvgIpc) is 2.82. The van der Waals surface area contributed by atoms with Crippen LogP contribution < -0.4 is 10.1 Å². The summed E-state index contributed by atoms with van der Waals surface area (Å²) in [6.07, 6.45) is 1.72. The highest BCUT2D eigenvalue weighted by atomic mass is 32.1. The number of nitrogens with one attached hydrogen (secondary N) is 1. The SMILES string of the molecule is CCOc1cc(NC(=O)Cc2cccs2)ncn1. The van der Waals surface area contributed by atoms with Crippen LogP contribution in [0.15, 0.2) is 29.9 Å². The summed E-state index contributed by atoms with van der Waals surface area (Å²) >= 11 is 1.55. The number of carbonyl (C=O) groups excluding carboxylic acids is 1. The quantitative estimate of drug-likeness (QED) is 0.897.